The molecule has 1 aliphatic rings. The van der Waals surface area contributed by atoms with Crippen molar-refractivity contribution >= 4 is 45.9 Å². The van der Waals surface area contributed by atoms with Crippen LogP contribution in [-0.4, -0.2) is 37.0 Å². The van der Waals surface area contributed by atoms with Gasteiger partial charge < -0.3 is 15.7 Å². The Balaban J connectivity index is 1.60. The van der Waals surface area contributed by atoms with Crippen LogP contribution in [0.5, 0.6) is 0 Å². The number of nitrogens with one attached hydrogen (secondary N) is 3. The molecule has 3 heterocycles. The van der Waals surface area contributed by atoms with E-state index in [1.165, 1.54) is 22.9 Å². The van der Waals surface area contributed by atoms with Gasteiger partial charge in [0, 0.05) is 33.4 Å². The van der Waals surface area contributed by atoms with Gasteiger partial charge in [-0.3, -0.25) is 9.89 Å². The Bertz CT molecular complexity index is 1470. The van der Waals surface area contributed by atoms with Gasteiger partial charge in [-0.2, -0.15) is 10.2 Å². The van der Waals surface area contributed by atoms with E-state index in [-0.39, 0.29) is 21.9 Å². The third-order valence-corrected chi connectivity index (χ3v) is 5.63. The smallest absolute Gasteiger partial charge is 0.356 e. The van der Waals surface area contributed by atoms with Crippen molar-refractivity contribution in [1.29, 1.82) is 0 Å². The minimum Gasteiger partial charge on any atom is -0.476 e. The number of amides is 1. The number of fused-ring (bicyclic) bond motifs is 2. The van der Waals surface area contributed by atoms with Crippen molar-refractivity contribution < 1.29 is 19.1 Å². The number of aromatic carboxylic acids is 1. The SMILES string of the molecule is CC1=C(C(=O)Nc2ccc3[nH]ncc3c2)C(c2ccc(Cl)cc2F)n2nc(C(=O)O)cc2N1. The first-order valence-electron chi connectivity index (χ1n) is 9.82. The number of carboxylic acids is 1. The van der Waals surface area contributed by atoms with E-state index >= 15 is 0 Å². The molecular formula is C22H16ClFN6O3. The summed E-state index contributed by atoms with van der Waals surface area (Å²) in [6, 6.07) is 9.64. The average molecular weight is 467 g/mol. The molecule has 1 unspecified atom stereocenters. The van der Waals surface area contributed by atoms with E-state index in [9.17, 15) is 19.1 Å². The van der Waals surface area contributed by atoms with Gasteiger partial charge in [-0.25, -0.2) is 13.9 Å². The van der Waals surface area contributed by atoms with E-state index in [1.807, 2.05) is 0 Å². The summed E-state index contributed by atoms with van der Waals surface area (Å²) in [7, 11) is 0. The maximum Gasteiger partial charge on any atom is 0.356 e. The molecule has 0 radical (unpaired) electrons. The number of nitrogens with zero attached hydrogens (tertiary/aromatic N) is 3. The Morgan fingerprint density at radius 2 is 2.03 bits per heavy atom. The molecule has 0 spiro atoms. The predicted octanol–water partition coefficient (Wildman–Crippen LogP) is 4.18. The highest BCUT2D eigenvalue weighted by atomic mass is 35.5. The topological polar surface area (TPSA) is 125 Å². The number of rotatable bonds is 4. The second-order valence-electron chi connectivity index (χ2n) is 7.52. The van der Waals surface area contributed by atoms with E-state index in [1.54, 1.807) is 31.3 Å². The molecule has 11 heteroatoms. The van der Waals surface area contributed by atoms with Crippen LogP contribution >= 0.6 is 11.6 Å². The van der Waals surface area contributed by atoms with E-state index in [0.717, 1.165) is 17.0 Å². The van der Waals surface area contributed by atoms with Crippen LogP contribution in [0.2, 0.25) is 5.02 Å². The van der Waals surface area contributed by atoms with Crippen molar-refractivity contribution in [3.8, 4) is 0 Å². The van der Waals surface area contributed by atoms with E-state index in [4.69, 9.17) is 11.6 Å². The van der Waals surface area contributed by atoms with Gasteiger partial charge in [-0.1, -0.05) is 17.7 Å². The third kappa shape index (κ3) is 3.60. The Labute approximate surface area is 190 Å². The van der Waals surface area contributed by atoms with Crippen molar-refractivity contribution in [2.45, 2.75) is 13.0 Å². The lowest BCUT2D eigenvalue weighted by molar-refractivity contribution is -0.113. The molecular weight excluding hydrogens is 451 g/mol. The van der Waals surface area contributed by atoms with Crippen LogP contribution in [-0.2, 0) is 4.79 Å². The van der Waals surface area contributed by atoms with Crippen LogP contribution in [0, 0.1) is 5.82 Å². The molecule has 5 rings (SSSR count). The quantitative estimate of drug-likeness (QED) is 0.357. The first-order valence-corrected chi connectivity index (χ1v) is 10.2. The van der Waals surface area contributed by atoms with Gasteiger partial charge in [0.15, 0.2) is 5.69 Å². The van der Waals surface area contributed by atoms with Gasteiger partial charge in [0.1, 0.15) is 17.7 Å². The number of halogens is 2. The molecule has 0 saturated carbocycles. The second kappa shape index (κ2) is 7.75. The summed E-state index contributed by atoms with van der Waals surface area (Å²) < 4.78 is 16.3. The number of anilines is 2. The van der Waals surface area contributed by atoms with Gasteiger partial charge >= 0.3 is 5.97 Å². The molecule has 1 aliphatic heterocycles. The van der Waals surface area contributed by atoms with Gasteiger partial charge in [0.05, 0.1) is 17.3 Å². The molecule has 0 aliphatic carbocycles. The Kier molecular flexibility index (Phi) is 4.86. The van der Waals surface area contributed by atoms with Crippen LogP contribution in [0.15, 0.2) is 59.9 Å². The number of allylic oxidation sites excluding steroid dienone is 1. The summed E-state index contributed by atoms with van der Waals surface area (Å²) in [4.78, 5) is 24.9. The highest BCUT2D eigenvalue weighted by Gasteiger charge is 2.35. The number of benzene rings is 2. The molecule has 0 fully saturated rings. The second-order valence-corrected chi connectivity index (χ2v) is 7.96. The molecule has 1 atom stereocenters. The average Bonchev–Trinajstić information content (AvgIpc) is 3.39. The molecule has 2 aromatic carbocycles. The fourth-order valence-electron chi connectivity index (χ4n) is 3.90. The number of aromatic nitrogens is 4. The predicted molar refractivity (Wildman–Crippen MR) is 120 cm³/mol. The summed E-state index contributed by atoms with van der Waals surface area (Å²) in [5.74, 6) is -2.07. The van der Waals surface area contributed by atoms with Crippen molar-refractivity contribution in [3.05, 3.63) is 82.0 Å². The lowest BCUT2D eigenvalue weighted by Gasteiger charge is -2.30. The van der Waals surface area contributed by atoms with Gasteiger partial charge in [-0.05, 0) is 37.3 Å². The maximum atomic E-state index is 15.0. The first kappa shape index (κ1) is 20.7. The minimum absolute atomic E-state index is 0.122. The number of H-pyrrole nitrogens is 1. The molecule has 9 nitrogen and oxygen atoms in total. The molecule has 1 amide bonds. The monoisotopic (exact) mass is 466 g/mol. The van der Waals surface area contributed by atoms with Crippen LogP contribution in [0.3, 0.4) is 0 Å². The fourth-order valence-corrected chi connectivity index (χ4v) is 4.06. The standard InChI is InChI=1S/C22H16ClFN6O3/c1-10-19(21(31)27-13-3-5-16-11(6-13)9-25-28-16)20(14-4-2-12(23)7-15(14)24)30-18(26-10)8-17(29-30)22(32)33/h2-9,20,26H,1H3,(H,25,28)(H,27,31)(H,32,33). The Hall–Kier alpha value is -4.18. The number of hydrogen-bond donors (Lipinski definition) is 4. The largest absolute Gasteiger partial charge is 0.476 e. The zero-order chi connectivity index (χ0) is 23.3. The number of aromatic amines is 1. The summed E-state index contributed by atoms with van der Waals surface area (Å²) in [6.07, 6.45) is 1.63. The molecule has 33 heavy (non-hydrogen) atoms. The van der Waals surface area contributed by atoms with Crippen LogP contribution in [0.4, 0.5) is 15.9 Å². The van der Waals surface area contributed by atoms with Gasteiger partial charge in [-0.15, -0.1) is 0 Å². The molecule has 2 aromatic heterocycles. The van der Waals surface area contributed by atoms with Crippen molar-refractivity contribution in [2.75, 3.05) is 10.6 Å². The number of carbonyl (C=O) groups excluding carboxylic acids is 1. The lowest BCUT2D eigenvalue weighted by Crippen LogP contribution is -2.31. The molecule has 166 valence electrons. The molecule has 4 aromatic rings. The van der Waals surface area contributed by atoms with Gasteiger partial charge in [0.2, 0.25) is 0 Å². The highest BCUT2D eigenvalue weighted by Crippen LogP contribution is 2.38. The highest BCUT2D eigenvalue weighted by molar-refractivity contribution is 6.30. The lowest BCUT2D eigenvalue weighted by atomic mass is 9.94. The summed E-state index contributed by atoms with van der Waals surface area (Å²) >= 11 is 5.92. The fraction of sp³-hybridized carbons (Fsp3) is 0.0909. The summed E-state index contributed by atoms with van der Waals surface area (Å²) in [5, 5.41) is 27.1. The molecule has 4 N–H and O–H groups in total. The zero-order valence-electron chi connectivity index (χ0n) is 17.1. The molecule has 0 bridgehead atoms. The van der Waals surface area contributed by atoms with E-state index in [0.29, 0.717) is 17.2 Å². The Morgan fingerprint density at radius 1 is 1.21 bits per heavy atom. The van der Waals surface area contributed by atoms with Crippen LogP contribution in [0.25, 0.3) is 10.9 Å². The normalized spacial score (nSPS) is 15.3. The number of carboxylic acid groups (broad SMARTS) is 1. The minimum atomic E-state index is -1.24. The number of hydrogen-bond acceptors (Lipinski definition) is 5. The number of carbonyl (C=O) groups is 2. The summed E-state index contributed by atoms with van der Waals surface area (Å²) in [6.45, 7) is 1.66. The van der Waals surface area contributed by atoms with Gasteiger partial charge in [0.25, 0.3) is 5.91 Å². The van der Waals surface area contributed by atoms with Crippen LogP contribution < -0.4 is 10.6 Å². The van der Waals surface area contributed by atoms with Crippen molar-refractivity contribution in [2.24, 2.45) is 0 Å². The zero-order valence-corrected chi connectivity index (χ0v) is 17.8. The van der Waals surface area contributed by atoms with E-state index in [2.05, 4.69) is 25.9 Å². The van der Waals surface area contributed by atoms with Crippen LogP contribution in [0.1, 0.15) is 29.0 Å². The Morgan fingerprint density at radius 3 is 2.79 bits per heavy atom. The summed E-state index contributed by atoms with van der Waals surface area (Å²) in [5.41, 5.74) is 1.82. The van der Waals surface area contributed by atoms with E-state index < -0.39 is 23.7 Å². The first-order chi connectivity index (χ1) is 15.8. The molecule has 0 saturated heterocycles. The van der Waals surface area contributed by atoms with Crippen molar-refractivity contribution in [1.82, 2.24) is 20.0 Å². The third-order valence-electron chi connectivity index (χ3n) is 5.39. The van der Waals surface area contributed by atoms with Crippen molar-refractivity contribution in [3.63, 3.8) is 0 Å². The maximum absolute atomic E-state index is 15.0.